The van der Waals surface area contributed by atoms with Crippen molar-refractivity contribution in [3.05, 3.63) is 36.0 Å². The van der Waals surface area contributed by atoms with Crippen LogP contribution < -0.4 is 5.32 Å². The summed E-state index contributed by atoms with van der Waals surface area (Å²) in [5.41, 5.74) is 2.11. The maximum atomic E-state index is 12.9. The molecule has 0 spiro atoms. The molecule has 1 fully saturated rings. The van der Waals surface area contributed by atoms with Crippen LogP contribution in [0.1, 0.15) is 32.3 Å². The van der Waals surface area contributed by atoms with Crippen LogP contribution in [0.4, 0.5) is 0 Å². The van der Waals surface area contributed by atoms with E-state index in [1.165, 1.54) is 6.92 Å². The summed E-state index contributed by atoms with van der Waals surface area (Å²) >= 11 is 0. The highest BCUT2D eigenvalue weighted by molar-refractivity contribution is 5.89. The Kier molecular flexibility index (Phi) is 4.88. The largest absolute Gasteiger partial charge is 0.361 e. The summed E-state index contributed by atoms with van der Waals surface area (Å²) in [7, 11) is 0. The summed E-state index contributed by atoms with van der Waals surface area (Å²) in [5, 5.41) is 3.96. The molecule has 128 valence electrons. The number of benzene rings is 1. The second-order valence-electron chi connectivity index (χ2n) is 6.85. The zero-order valence-corrected chi connectivity index (χ0v) is 14.3. The van der Waals surface area contributed by atoms with E-state index in [9.17, 15) is 9.59 Å². The number of piperidine rings is 1. The van der Waals surface area contributed by atoms with Crippen molar-refractivity contribution in [1.29, 1.82) is 0 Å². The van der Waals surface area contributed by atoms with Gasteiger partial charge in [0.25, 0.3) is 0 Å². The Morgan fingerprint density at radius 1 is 1.38 bits per heavy atom. The van der Waals surface area contributed by atoms with E-state index in [1.54, 1.807) is 0 Å². The van der Waals surface area contributed by atoms with Crippen molar-refractivity contribution in [2.75, 3.05) is 13.1 Å². The number of H-pyrrole nitrogens is 1. The number of rotatable bonds is 4. The number of nitrogens with one attached hydrogen (secondary N) is 2. The van der Waals surface area contributed by atoms with Gasteiger partial charge >= 0.3 is 0 Å². The Labute approximate surface area is 142 Å². The number of hydrogen-bond acceptors (Lipinski definition) is 2. The fraction of sp³-hybridized carbons (Fsp3) is 0.474. The molecule has 3 rings (SSSR count). The maximum absolute atomic E-state index is 12.9. The van der Waals surface area contributed by atoms with Crippen LogP contribution in [-0.4, -0.2) is 40.8 Å². The van der Waals surface area contributed by atoms with Crippen LogP contribution in [0, 0.1) is 5.92 Å². The standard InChI is InChI=1S/C19H25N3O2/c1-13-6-5-9-22(12-13)19(24)18(21-14(2)23)10-15-11-20-17-8-4-3-7-16(15)17/h3-4,7-8,11,13,18,20H,5-6,9-10,12H2,1-2H3,(H,21,23). The van der Waals surface area contributed by atoms with Crippen molar-refractivity contribution in [2.24, 2.45) is 5.92 Å². The van der Waals surface area contributed by atoms with E-state index in [0.717, 1.165) is 42.4 Å². The highest BCUT2D eigenvalue weighted by Crippen LogP contribution is 2.21. The summed E-state index contributed by atoms with van der Waals surface area (Å²) in [6.45, 7) is 5.21. The Morgan fingerprint density at radius 2 is 2.17 bits per heavy atom. The molecule has 2 N–H and O–H groups in total. The van der Waals surface area contributed by atoms with Gasteiger partial charge in [-0.05, 0) is 30.4 Å². The number of fused-ring (bicyclic) bond motifs is 1. The van der Waals surface area contributed by atoms with Crippen LogP contribution in [-0.2, 0) is 16.0 Å². The minimum Gasteiger partial charge on any atom is -0.361 e. The van der Waals surface area contributed by atoms with Gasteiger partial charge in [0.2, 0.25) is 11.8 Å². The molecule has 1 aromatic heterocycles. The molecule has 0 bridgehead atoms. The number of aromatic amines is 1. The molecule has 2 heterocycles. The van der Waals surface area contributed by atoms with Crippen LogP contribution in [0.5, 0.6) is 0 Å². The van der Waals surface area contributed by atoms with E-state index in [1.807, 2.05) is 35.4 Å². The predicted molar refractivity (Wildman–Crippen MR) is 94.6 cm³/mol. The third-order valence-electron chi connectivity index (χ3n) is 4.74. The minimum atomic E-state index is -0.507. The third-order valence-corrected chi connectivity index (χ3v) is 4.74. The lowest BCUT2D eigenvalue weighted by atomic mass is 9.98. The Hall–Kier alpha value is -2.30. The number of carbonyl (C=O) groups is 2. The first-order chi connectivity index (χ1) is 11.5. The molecule has 24 heavy (non-hydrogen) atoms. The first-order valence-corrected chi connectivity index (χ1v) is 8.65. The molecule has 1 aromatic carbocycles. The fourth-order valence-corrected chi connectivity index (χ4v) is 3.58. The molecule has 0 radical (unpaired) electrons. The van der Waals surface area contributed by atoms with Crippen molar-refractivity contribution >= 4 is 22.7 Å². The number of nitrogens with zero attached hydrogens (tertiary/aromatic N) is 1. The first-order valence-electron chi connectivity index (χ1n) is 8.65. The molecule has 5 heteroatoms. The molecule has 1 aliphatic heterocycles. The topological polar surface area (TPSA) is 65.2 Å². The minimum absolute atomic E-state index is 0.0297. The summed E-state index contributed by atoms with van der Waals surface area (Å²) in [6, 6.07) is 7.52. The summed E-state index contributed by atoms with van der Waals surface area (Å²) < 4.78 is 0. The fourth-order valence-electron chi connectivity index (χ4n) is 3.58. The number of likely N-dealkylation sites (tertiary alicyclic amines) is 1. The number of amides is 2. The van der Waals surface area contributed by atoms with Crippen molar-refractivity contribution < 1.29 is 9.59 Å². The van der Waals surface area contributed by atoms with Gasteiger partial charge < -0.3 is 15.2 Å². The molecule has 2 aromatic rings. The van der Waals surface area contributed by atoms with Crippen molar-refractivity contribution in [1.82, 2.24) is 15.2 Å². The van der Waals surface area contributed by atoms with E-state index in [2.05, 4.69) is 17.2 Å². The summed E-state index contributed by atoms with van der Waals surface area (Å²) in [4.78, 5) is 29.7. The normalized spacial score (nSPS) is 19.2. The molecule has 2 atom stereocenters. The molecule has 2 unspecified atom stereocenters. The van der Waals surface area contributed by atoms with Gasteiger partial charge in [-0.15, -0.1) is 0 Å². The van der Waals surface area contributed by atoms with Crippen molar-refractivity contribution in [3.63, 3.8) is 0 Å². The quantitative estimate of drug-likeness (QED) is 0.906. The second kappa shape index (κ2) is 7.07. The highest BCUT2D eigenvalue weighted by Gasteiger charge is 2.28. The van der Waals surface area contributed by atoms with Gasteiger partial charge in [0.15, 0.2) is 0 Å². The third kappa shape index (κ3) is 3.61. The lowest BCUT2D eigenvalue weighted by Crippen LogP contribution is -2.51. The monoisotopic (exact) mass is 327 g/mol. The SMILES string of the molecule is CC(=O)NC(Cc1c[nH]c2ccccc12)C(=O)N1CCCC(C)C1. The lowest BCUT2D eigenvalue weighted by Gasteiger charge is -2.33. The average molecular weight is 327 g/mol. The van der Waals surface area contributed by atoms with E-state index in [0.29, 0.717) is 12.3 Å². The zero-order valence-electron chi connectivity index (χ0n) is 14.3. The van der Waals surface area contributed by atoms with Gasteiger partial charge in [0, 0.05) is 43.5 Å². The van der Waals surface area contributed by atoms with E-state index in [4.69, 9.17) is 0 Å². The van der Waals surface area contributed by atoms with Gasteiger partial charge in [-0.3, -0.25) is 9.59 Å². The molecule has 0 saturated carbocycles. The highest BCUT2D eigenvalue weighted by atomic mass is 16.2. The van der Waals surface area contributed by atoms with Crippen LogP contribution in [0.3, 0.4) is 0 Å². The van der Waals surface area contributed by atoms with Crippen LogP contribution in [0.25, 0.3) is 10.9 Å². The van der Waals surface area contributed by atoms with Gasteiger partial charge in [-0.1, -0.05) is 25.1 Å². The first kappa shape index (κ1) is 16.6. The molecule has 0 aliphatic carbocycles. The van der Waals surface area contributed by atoms with Crippen molar-refractivity contribution in [2.45, 2.75) is 39.2 Å². The van der Waals surface area contributed by atoms with Gasteiger partial charge in [0.1, 0.15) is 6.04 Å². The average Bonchev–Trinajstić information content (AvgIpc) is 2.96. The van der Waals surface area contributed by atoms with E-state index < -0.39 is 6.04 Å². The lowest BCUT2D eigenvalue weighted by molar-refractivity contribution is -0.137. The number of para-hydroxylation sites is 1. The molecular formula is C19H25N3O2. The Balaban J connectivity index is 1.81. The molecular weight excluding hydrogens is 302 g/mol. The Bertz CT molecular complexity index is 737. The van der Waals surface area contributed by atoms with Crippen LogP contribution >= 0.6 is 0 Å². The van der Waals surface area contributed by atoms with Gasteiger partial charge in [0.05, 0.1) is 0 Å². The number of aromatic nitrogens is 1. The summed E-state index contributed by atoms with van der Waals surface area (Å²) in [6.07, 6.45) is 4.64. The molecule has 2 amide bonds. The molecule has 1 aliphatic rings. The Morgan fingerprint density at radius 3 is 2.92 bits per heavy atom. The van der Waals surface area contributed by atoms with E-state index >= 15 is 0 Å². The second-order valence-corrected chi connectivity index (χ2v) is 6.85. The zero-order chi connectivity index (χ0) is 17.1. The van der Waals surface area contributed by atoms with Crippen molar-refractivity contribution in [3.8, 4) is 0 Å². The van der Waals surface area contributed by atoms with Crippen LogP contribution in [0.2, 0.25) is 0 Å². The predicted octanol–water partition coefficient (Wildman–Crippen LogP) is 2.47. The number of hydrogen-bond donors (Lipinski definition) is 2. The maximum Gasteiger partial charge on any atom is 0.245 e. The van der Waals surface area contributed by atoms with E-state index in [-0.39, 0.29) is 11.8 Å². The molecule has 1 saturated heterocycles. The summed E-state index contributed by atoms with van der Waals surface area (Å²) in [5.74, 6) is 0.383. The van der Waals surface area contributed by atoms with Gasteiger partial charge in [-0.25, -0.2) is 0 Å². The molecule has 5 nitrogen and oxygen atoms in total. The number of carbonyl (C=O) groups excluding carboxylic acids is 2. The van der Waals surface area contributed by atoms with Crippen LogP contribution in [0.15, 0.2) is 30.5 Å². The van der Waals surface area contributed by atoms with Gasteiger partial charge in [-0.2, -0.15) is 0 Å². The smallest absolute Gasteiger partial charge is 0.245 e.